The first kappa shape index (κ1) is 11.1. The van der Waals surface area contributed by atoms with E-state index < -0.39 is 0 Å². The molecular formula is C14H9N5. The van der Waals surface area contributed by atoms with Crippen LogP contribution in [0.2, 0.25) is 0 Å². The molecule has 90 valence electrons. The zero-order valence-corrected chi connectivity index (χ0v) is 9.91. The van der Waals surface area contributed by atoms with Crippen LogP contribution in [0.1, 0.15) is 5.56 Å². The Hall–Kier alpha value is -3.00. The molecule has 2 aromatic heterocycles. The van der Waals surface area contributed by atoms with Gasteiger partial charge in [-0.3, -0.25) is 5.10 Å². The van der Waals surface area contributed by atoms with Crippen LogP contribution in [-0.2, 0) is 0 Å². The second-order valence-electron chi connectivity index (χ2n) is 3.92. The summed E-state index contributed by atoms with van der Waals surface area (Å²) in [4.78, 5) is 8.43. The van der Waals surface area contributed by atoms with Crippen molar-refractivity contribution < 1.29 is 0 Å². The van der Waals surface area contributed by atoms with E-state index in [0.717, 1.165) is 16.8 Å². The van der Waals surface area contributed by atoms with Crippen molar-refractivity contribution in [1.29, 1.82) is 5.26 Å². The third-order valence-electron chi connectivity index (χ3n) is 2.73. The molecule has 0 atom stereocenters. The van der Waals surface area contributed by atoms with Gasteiger partial charge < -0.3 is 0 Å². The Kier molecular flexibility index (Phi) is 2.75. The van der Waals surface area contributed by atoms with E-state index in [4.69, 9.17) is 5.26 Å². The summed E-state index contributed by atoms with van der Waals surface area (Å²) in [6, 6.07) is 11.2. The maximum absolute atomic E-state index is 8.95. The van der Waals surface area contributed by atoms with E-state index >= 15 is 0 Å². The van der Waals surface area contributed by atoms with Gasteiger partial charge in [-0.05, 0) is 18.2 Å². The molecule has 0 fully saturated rings. The topological polar surface area (TPSA) is 78.2 Å². The highest BCUT2D eigenvalue weighted by Gasteiger charge is 2.11. The molecule has 3 aromatic rings. The third kappa shape index (κ3) is 2.07. The van der Waals surface area contributed by atoms with Gasteiger partial charge in [0, 0.05) is 18.0 Å². The summed E-state index contributed by atoms with van der Waals surface area (Å²) >= 11 is 0. The molecule has 1 aromatic carbocycles. The quantitative estimate of drug-likeness (QED) is 0.754. The Bertz CT molecular complexity index is 740. The molecule has 0 aliphatic heterocycles. The molecule has 0 radical (unpaired) electrons. The number of rotatable bonds is 2. The minimum Gasteiger partial charge on any atom is -0.277 e. The fourth-order valence-electron chi connectivity index (χ4n) is 1.86. The van der Waals surface area contributed by atoms with Gasteiger partial charge >= 0.3 is 0 Å². The number of hydrogen-bond donors (Lipinski definition) is 1. The van der Waals surface area contributed by atoms with Gasteiger partial charge in [-0.2, -0.15) is 10.4 Å². The molecule has 0 aliphatic carbocycles. The molecular weight excluding hydrogens is 238 g/mol. The van der Waals surface area contributed by atoms with Gasteiger partial charge in [0.2, 0.25) is 0 Å². The molecule has 3 rings (SSSR count). The van der Waals surface area contributed by atoms with Crippen LogP contribution in [-0.4, -0.2) is 20.2 Å². The van der Waals surface area contributed by atoms with Gasteiger partial charge in [-0.15, -0.1) is 0 Å². The first-order chi connectivity index (χ1) is 9.38. The van der Waals surface area contributed by atoms with Crippen molar-refractivity contribution in [2.24, 2.45) is 0 Å². The number of nitrogens with one attached hydrogen (secondary N) is 1. The third-order valence-corrected chi connectivity index (χ3v) is 2.73. The Morgan fingerprint density at radius 2 is 1.95 bits per heavy atom. The van der Waals surface area contributed by atoms with Crippen LogP contribution >= 0.6 is 0 Å². The predicted octanol–water partition coefficient (Wildman–Crippen LogP) is 2.41. The van der Waals surface area contributed by atoms with Crippen molar-refractivity contribution in [3.63, 3.8) is 0 Å². The Morgan fingerprint density at radius 1 is 1.11 bits per heavy atom. The van der Waals surface area contributed by atoms with Crippen molar-refractivity contribution in [3.05, 3.63) is 54.5 Å². The minimum atomic E-state index is 0.604. The summed E-state index contributed by atoms with van der Waals surface area (Å²) in [7, 11) is 0. The summed E-state index contributed by atoms with van der Waals surface area (Å²) in [5, 5.41) is 15.9. The molecule has 5 heteroatoms. The van der Waals surface area contributed by atoms with E-state index in [-0.39, 0.29) is 0 Å². The molecule has 0 bridgehead atoms. The van der Waals surface area contributed by atoms with Gasteiger partial charge in [0.05, 0.1) is 29.1 Å². The number of aromatic amines is 1. The van der Waals surface area contributed by atoms with Gasteiger partial charge in [-0.1, -0.05) is 12.1 Å². The lowest BCUT2D eigenvalue weighted by Crippen LogP contribution is -1.88. The standard InChI is InChI=1S/C14H9N5/c15-8-10-3-1-4-11(7-10)13-12(9-18-19-13)14-16-5-2-6-17-14/h1-7,9H,(H,18,19). The normalized spacial score (nSPS) is 10.1. The Morgan fingerprint density at radius 3 is 2.74 bits per heavy atom. The first-order valence-electron chi connectivity index (χ1n) is 5.70. The predicted molar refractivity (Wildman–Crippen MR) is 69.8 cm³/mol. The highest BCUT2D eigenvalue weighted by molar-refractivity contribution is 5.77. The van der Waals surface area contributed by atoms with Crippen molar-refractivity contribution in [2.75, 3.05) is 0 Å². The lowest BCUT2D eigenvalue weighted by Gasteiger charge is -2.02. The van der Waals surface area contributed by atoms with Crippen LogP contribution < -0.4 is 0 Å². The van der Waals surface area contributed by atoms with Crippen molar-refractivity contribution in [3.8, 4) is 28.7 Å². The largest absolute Gasteiger partial charge is 0.277 e. The van der Waals surface area contributed by atoms with Crippen LogP contribution in [0.5, 0.6) is 0 Å². The number of nitrogens with zero attached hydrogens (tertiary/aromatic N) is 4. The highest BCUT2D eigenvalue weighted by Crippen LogP contribution is 2.27. The Balaban J connectivity index is 2.13. The van der Waals surface area contributed by atoms with Gasteiger partial charge in [0.25, 0.3) is 0 Å². The molecule has 19 heavy (non-hydrogen) atoms. The lowest BCUT2D eigenvalue weighted by molar-refractivity contribution is 1.10. The first-order valence-corrected chi connectivity index (χ1v) is 5.70. The SMILES string of the molecule is N#Cc1cccc(-c2[nH]ncc2-c2ncccn2)c1. The van der Waals surface area contributed by atoms with Crippen LogP contribution in [0.15, 0.2) is 48.9 Å². The molecule has 0 amide bonds. The summed E-state index contributed by atoms with van der Waals surface area (Å²) in [6.07, 6.45) is 5.05. The number of hydrogen-bond acceptors (Lipinski definition) is 4. The van der Waals surface area contributed by atoms with E-state index in [0.29, 0.717) is 11.4 Å². The summed E-state index contributed by atoms with van der Waals surface area (Å²) in [5.41, 5.74) is 3.12. The van der Waals surface area contributed by atoms with Crippen LogP contribution in [0, 0.1) is 11.3 Å². The van der Waals surface area contributed by atoms with Crippen LogP contribution in [0.3, 0.4) is 0 Å². The maximum Gasteiger partial charge on any atom is 0.162 e. The van der Waals surface area contributed by atoms with E-state index in [1.165, 1.54) is 0 Å². The number of aromatic nitrogens is 4. The zero-order chi connectivity index (χ0) is 13.1. The van der Waals surface area contributed by atoms with Gasteiger partial charge in [0.15, 0.2) is 5.82 Å². The molecule has 0 spiro atoms. The molecule has 0 saturated carbocycles. The maximum atomic E-state index is 8.95. The zero-order valence-electron chi connectivity index (χ0n) is 9.91. The van der Waals surface area contributed by atoms with E-state index in [2.05, 4.69) is 26.2 Å². The van der Waals surface area contributed by atoms with Crippen LogP contribution in [0.25, 0.3) is 22.6 Å². The molecule has 0 unspecified atom stereocenters. The molecule has 1 N–H and O–H groups in total. The van der Waals surface area contributed by atoms with Gasteiger partial charge in [-0.25, -0.2) is 9.97 Å². The van der Waals surface area contributed by atoms with Crippen LogP contribution in [0.4, 0.5) is 0 Å². The average Bonchev–Trinajstić information content (AvgIpc) is 2.98. The summed E-state index contributed by atoms with van der Waals surface area (Å²) < 4.78 is 0. The lowest BCUT2D eigenvalue weighted by atomic mass is 10.1. The van der Waals surface area contributed by atoms with E-state index in [1.54, 1.807) is 36.8 Å². The van der Waals surface area contributed by atoms with Crippen molar-refractivity contribution in [1.82, 2.24) is 20.2 Å². The summed E-state index contributed by atoms with van der Waals surface area (Å²) in [5.74, 6) is 0.605. The highest BCUT2D eigenvalue weighted by atomic mass is 15.1. The number of nitriles is 1. The Labute approximate surface area is 109 Å². The molecule has 0 saturated heterocycles. The smallest absolute Gasteiger partial charge is 0.162 e. The van der Waals surface area contributed by atoms with Crippen molar-refractivity contribution >= 4 is 0 Å². The van der Waals surface area contributed by atoms with E-state index in [9.17, 15) is 0 Å². The molecule has 2 heterocycles. The second-order valence-corrected chi connectivity index (χ2v) is 3.92. The van der Waals surface area contributed by atoms with Crippen molar-refractivity contribution in [2.45, 2.75) is 0 Å². The average molecular weight is 247 g/mol. The van der Waals surface area contributed by atoms with Gasteiger partial charge in [0.1, 0.15) is 0 Å². The minimum absolute atomic E-state index is 0.604. The number of benzene rings is 1. The fourth-order valence-corrected chi connectivity index (χ4v) is 1.86. The van der Waals surface area contributed by atoms with E-state index in [1.807, 2.05) is 12.1 Å². The molecule has 0 aliphatic rings. The number of H-pyrrole nitrogens is 1. The monoisotopic (exact) mass is 247 g/mol. The molecule has 5 nitrogen and oxygen atoms in total. The second kappa shape index (κ2) is 4.70. The fraction of sp³-hybridized carbons (Fsp3) is 0. The summed E-state index contributed by atoms with van der Waals surface area (Å²) in [6.45, 7) is 0.